The minimum Gasteiger partial charge on any atom is -0.358 e. The normalized spacial score (nSPS) is 12.0. The molecule has 0 saturated carbocycles. The third-order valence-electron chi connectivity index (χ3n) is 2.44. The van der Waals surface area contributed by atoms with Crippen LogP contribution in [0.4, 0.5) is 16.2 Å². The van der Waals surface area contributed by atoms with Crippen LogP contribution in [0.1, 0.15) is 5.56 Å². The van der Waals surface area contributed by atoms with Crippen LogP contribution in [0.15, 0.2) is 30.0 Å². The molecule has 0 atom stereocenters. The highest BCUT2D eigenvalue weighted by Gasteiger charge is 2.16. The van der Waals surface area contributed by atoms with Gasteiger partial charge in [0.1, 0.15) is 17.7 Å². The lowest BCUT2D eigenvalue weighted by Crippen LogP contribution is -2.33. The van der Waals surface area contributed by atoms with Gasteiger partial charge in [0.05, 0.1) is 11.4 Å². The van der Waals surface area contributed by atoms with Crippen LogP contribution < -0.4 is 16.0 Å². The SMILES string of the molecule is N#CC(C#N)=CNc1cccc2c1NC(=O)NC2. The van der Waals surface area contributed by atoms with Crippen molar-refractivity contribution < 1.29 is 4.79 Å². The lowest BCUT2D eigenvalue weighted by molar-refractivity contribution is 0.251. The molecular weight excluding hydrogens is 230 g/mol. The Balaban J connectivity index is 2.31. The molecule has 88 valence electrons. The highest BCUT2D eigenvalue weighted by Crippen LogP contribution is 2.28. The molecule has 0 fully saturated rings. The quantitative estimate of drug-likeness (QED) is 0.683. The van der Waals surface area contributed by atoms with Crippen molar-refractivity contribution in [3.05, 3.63) is 35.5 Å². The first-order valence-electron chi connectivity index (χ1n) is 5.18. The number of fused-ring (bicyclic) bond motifs is 1. The molecule has 1 heterocycles. The van der Waals surface area contributed by atoms with Gasteiger partial charge in [0.15, 0.2) is 0 Å². The van der Waals surface area contributed by atoms with Crippen LogP contribution in [0, 0.1) is 22.7 Å². The van der Waals surface area contributed by atoms with E-state index in [9.17, 15) is 4.79 Å². The topological polar surface area (TPSA) is 101 Å². The van der Waals surface area contributed by atoms with E-state index < -0.39 is 0 Å². The highest BCUT2D eigenvalue weighted by molar-refractivity contribution is 5.96. The van der Waals surface area contributed by atoms with Gasteiger partial charge in [-0.25, -0.2) is 4.79 Å². The molecule has 0 bridgehead atoms. The van der Waals surface area contributed by atoms with Crippen molar-refractivity contribution in [2.24, 2.45) is 0 Å². The van der Waals surface area contributed by atoms with E-state index in [4.69, 9.17) is 10.5 Å². The Morgan fingerprint density at radius 2 is 2.17 bits per heavy atom. The molecule has 2 rings (SSSR count). The number of carbonyl (C=O) groups is 1. The standard InChI is InChI=1S/C12H9N5O/c13-4-8(5-14)6-15-10-3-1-2-9-7-16-12(18)17-11(9)10/h1-3,6,15H,7H2,(H2,16,17,18). The minimum absolute atomic E-state index is 0.0344. The molecule has 0 spiro atoms. The smallest absolute Gasteiger partial charge is 0.319 e. The summed E-state index contributed by atoms with van der Waals surface area (Å²) in [5.74, 6) is 0. The van der Waals surface area contributed by atoms with Crippen molar-refractivity contribution in [2.75, 3.05) is 10.6 Å². The summed E-state index contributed by atoms with van der Waals surface area (Å²) in [7, 11) is 0. The first-order chi connectivity index (χ1) is 8.74. The summed E-state index contributed by atoms with van der Waals surface area (Å²) < 4.78 is 0. The van der Waals surface area contributed by atoms with Gasteiger partial charge in [-0.05, 0) is 11.6 Å². The number of hydrogen-bond acceptors (Lipinski definition) is 4. The predicted molar refractivity (Wildman–Crippen MR) is 65.2 cm³/mol. The van der Waals surface area contributed by atoms with Crippen molar-refractivity contribution in [2.45, 2.75) is 6.54 Å². The van der Waals surface area contributed by atoms with Gasteiger partial charge < -0.3 is 16.0 Å². The molecule has 1 aromatic carbocycles. The molecule has 3 N–H and O–H groups in total. The number of hydrogen-bond donors (Lipinski definition) is 3. The van der Waals surface area contributed by atoms with Gasteiger partial charge in [0.25, 0.3) is 0 Å². The molecule has 0 aliphatic carbocycles. The van der Waals surface area contributed by atoms with E-state index >= 15 is 0 Å². The maximum atomic E-state index is 11.3. The zero-order valence-corrected chi connectivity index (χ0v) is 9.32. The number of benzene rings is 1. The number of nitriles is 2. The van der Waals surface area contributed by atoms with Gasteiger partial charge in [-0.1, -0.05) is 12.1 Å². The monoisotopic (exact) mass is 239 g/mol. The van der Waals surface area contributed by atoms with Crippen LogP contribution in [0.25, 0.3) is 0 Å². The highest BCUT2D eigenvalue weighted by atomic mass is 16.2. The number of carbonyl (C=O) groups excluding carboxylic acids is 1. The molecule has 1 aliphatic heterocycles. The van der Waals surface area contributed by atoms with E-state index in [1.807, 2.05) is 12.1 Å². The van der Waals surface area contributed by atoms with Crippen molar-refractivity contribution >= 4 is 17.4 Å². The molecule has 0 aromatic heterocycles. The average Bonchev–Trinajstić information content (AvgIpc) is 2.40. The van der Waals surface area contributed by atoms with E-state index in [1.165, 1.54) is 6.20 Å². The zero-order valence-electron chi connectivity index (χ0n) is 9.32. The van der Waals surface area contributed by atoms with Gasteiger partial charge in [0, 0.05) is 12.7 Å². The first kappa shape index (κ1) is 11.5. The van der Waals surface area contributed by atoms with E-state index in [2.05, 4.69) is 16.0 Å². The third-order valence-corrected chi connectivity index (χ3v) is 2.44. The molecule has 0 saturated heterocycles. The Labute approximate surface area is 104 Å². The Hall–Kier alpha value is -2.99. The summed E-state index contributed by atoms with van der Waals surface area (Å²) in [6.07, 6.45) is 1.31. The summed E-state index contributed by atoms with van der Waals surface area (Å²) in [6, 6.07) is 8.69. The Kier molecular flexibility index (Phi) is 3.13. The molecule has 0 radical (unpaired) electrons. The molecule has 6 heteroatoms. The average molecular weight is 239 g/mol. The van der Waals surface area contributed by atoms with Crippen LogP contribution in [0.2, 0.25) is 0 Å². The van der Waals surface area contributed by atoms with Gasteiger partial charge >= 0.3 is 6.03 Å². The van der Waals surface area contributed by atoms with Crippen LogP contribution in [-0.4, -0.2) is 6.03 Å². The van der Waals surface area contributed by atoms with Crippen LogP contribution in [0.5, 0.6) is 0 Å². The summed E-state index contributed by atoms with van der Waals surface area (Å²) >= 11 is 0. The van der Waals surface area contributed by atoms with Crippen LogP contribution in [0.3, 0.4) is 0 Å². The number of rotatable bonds is 2. The fourth-order valence-electron chi connectivity index (χ4n) is 1.59. The second-order valence-corrected chi connectivity index (χ2v) is 3.57. The number of nitrogens with zero attached hydrogens (tertiary/aromatic N) is 2. The molecular formula is C12H9N5O. The number of urea groups is 1. The predicted octanol–water partition coefficient (Wildman–Crippen LogP) is 1.66. The van der Waals surface area contributed by atoms with Gasteiger partial charge in [-0.15, -0.1) is 0 Å². The lowest BCUT2D eigenvalue weighted by atomic mass is 10.1. The number of anilines is 2. The van der Waals surface area contributed by atoms with Crippen molar-refractivity contribution in [1.29, 1.82) is 10.5 Å². The number of allylic oxidation sites excluding steroid dienone is 1. The number of amides is 2. The Bertz CT molecular complexity index is 590. The zero-order chi connectivity index (χ0) is 13.0. The maximum absolute atomic E-state index is 11.3. The number of nitrogens with one attached hydrogen (secondary N) is 3. The molecule has 0 unspecified atom stereocenters. The number of para-hydroxylation sites is 1. The van der Waals surface area contributed by atoms with E-state index in [0.717, 1.165) is 5.56 Å². The molecule has 1 aromatic rings. The lowest BCUT2D eigenvalue weighted by Gasteiger charge is -2.20. The van der Waals surface area contributed by atoms with Crippen molar-refractivity contribution in [1.82, 2.24) is 5.32 Å². The molecule has 2 amide bonds. The van der Waals surface area contributed by atoms with E-state index in [1.54, 1.807) is 18.2 Å². The van der Waals surface area contributed by atoms with Crippen LogP contribution >= 0.6 is 0 Å². The Morgan fingerprint density at radius 1 is 1.39 bits per heavy atom. The fourth-order valence-corrected chi connectivity index (χ4v) is 1.59. The summed E-state index contributed by atoms with van der Waals surface area (Å²) in [6.45, 7) is 0.448. The van der Waals surface area contributed by atoms with Gasteiger partial charge in [-0.3, -0.25) is 0 Å². The molecule has 6 nitrogen and oxygen atoms in total. The third kappa shape index (κ3) is 2.23. The van der Waals surface area contributed by atoms with E-state index in [0.29, 0.717) is 17.9 Å². The second-order valence-electron chi connectivity index (χ2n) is 3.57. The van der Waals surface area contributed by atoms with Crippen molar-refractivity contribution in [3.63, 3.8) is 0 Å². The summed E-state index contributed by atoms with van der Waals surface area (Å²) in [4.78, 5) is 11.3. The Morgan fingerprint density at radius 3 is 2.89 bits per heavy atom. The first-order valence-corrected chi connectivity index (χ1v) is 5.18. The molecule has 1 aliphatic rings. The summed E-state index contributed by atoms with van der Waals surface area (Å²) in [5.41, 5.74) is 2.20. The van der Waals surface area contributed by atoms with Gasteiger partial charge in [-0.2, -0.15) is 10.5 Å². The molecule has 18 heavy (non-hydrogen) atoms. The van der Waals surface area contributed by atoms with Gasteiger partial charge in [0.2, 0.25) is 0 Å². The fraction of sp³-hybridized carbons (Fsp3) is 0.0833. The maximum Gasteiger partial charge on any atom is 0.319 e. The van der Waals surface area contributed by atoms with E-state index in [-0.39, 0.29) is 11.6 Å². The largest absolute Gasteiger partial charge is 0.358 e. The van der Waals surface area contributed by atoms with Crippen LogP contribution in [-0.2, 0) is 6.54 Å². The minimum atomic E-state index is -0.276. The second kappa shape index (κ2) is 4.89. The van der Waals surface area contributed by atoms with Crippen molar-refractivity contribution in [3.8, 4) is 12.1 Å². The summed E-state index contributed by atoms with van der Waals surface area (Å²) in [5, 5.41) is 25.4.